The van der Waals surface area contributed by atoms with E-state index in [-0.39, 0.29) is 18.7 Å². The number of nitrogens with zero attached hydrogens (tertiary/aromatic N) is 1. The van der Waals surface area contributed by atoms with Gasteiger partial charge in [0.05, 0.1) is 12.3 Å². The number of aryl methyl sites for hydroxylation is 1. The molecule has 3 rings (SSSR count). The van der Waals surface area contributed by atoms with Crippen molar-refractivity contribution < 1.29 is 22.7 Å². The Bertz CT molecular complexity index is 1070. The minimum absolute atomic E-state index is 0.0198. The first-order valence-corrected chi connectivity index (χ1v) is 10.2. The van der Waals surface area contributed by atoms with Gasteiger partial charge in [0.2, 0.25) is 0 Å². The summed E-state index contributed by atoms with van der Waals surface area (Å²) in [7, 11) is 0. The Kier molecular flexibility index (Phi) is 7.33. The standard InChI is InChI=1S/C24H21ClF3NO2/c1-2-31-23(30)22-9-5-8-21(29-22)19-7-4-3-6-18(19)20-14-17(25)11-10-16(20)12-13-24(27,28)15-26/h3-11,14H,2,12-13,15H2,1H3. The molecule has 0 atom stereocenters. The molecule has 0 saturated carbocycles. The number of ether oxygens (including phenoxy) is 1. The molecule has 2 aromatic carbocycles. The predicted octanol–water partition coefficient (Wildman–Crippen LogP) is 6.78. The maximum absolute atomic E-state index is 13.5. The highest BCUT2D eigenvalue weighted by molar-refractivity contribution is 6.31. The van der Waals surface area contributed by atoms with Crippen molar-refractivity contribution in [2.75, 3.05) is 13.3 Å². The number of carbonyl (C=O) groups is 1. The number of aromatic nitrogens is 1. The maximum Gasteiger partial charge on any atom is 0.356 e. The van der Waals surface area contributed by atoms with E-state index in [0.717, 1.165) is 5.56 Å². The van der Waals surface area contributed by atoms with Crippen LogP contribution in [0, 0.1) is 0 Å². The number of pyridine rings is 1. The topological polar surface area (TPSA) is 39.2 Å². The number of esters is 1. The third-order valence-corrected chi connectivity index (χ3v) is 4.99. The summed E-state index contributed by atoms with van der Waals surface area (Å²) in [6, 6.07) is 17.3. The van der Waals surface area contributed by atoms with Crippen LogP contribution in [0.2, 0.25) is 5.02 Å². The molecule has 1 aromatic heterocycles. The fraction of sp³-hybridized carbons (Fsp3) is 0.250. The second-order valence-electron chi connectivity index (χ2n) is 6.97. The van der Waals surface area contributed by atoms with Crippen LogP contribution in [-0.2, 0) is 11.2 Å². The molecule has 0 aliphatic rings. The molecule has 0 radical (unpaired) electrons. The average Bonchev–Trinajstić information content (AvgIpc) is 2.78. The van der Waals surface area contributed by atoms with Gasteiger partial charge in [-0.05, 0) is 54.3 Å². The van der Waals surface area contributed by atoms with Crippen molar-refractivity contribution in [3.63, 3.8) is 0 Å². The van der Waals surface area contributed by atoms with Crippen LogP contribution >= 0.6 is 11.6 Å². The van der Waals surface area contributed by atoms with Crippen molar-refractivity contribution in [3.8, 4) is 22.4 Å². The Morgan fingerprint density at radius 2 is 1.77 bits per heavy atom. The molecule has 3 aromatic rings. The molecule has 0 fully saturated rings. The zero-order valence-electron chi connectivity index (χ0n) is 16.9. The Morgan fingerprint density at radius 1 is 1.03 bits per heavy atom. The van der Waals surface area contributed by atoms with E-state index in [0.29, 0.717) is 27.4 Å². The number of halogens is 4. The first-order valence-electron chi connectivity index (χ1n) is 9.81. The minimum atomic E-state index is -3.38. The molecule has 0 spiro atoms. The van der Waals surface area contributed by atoms with Crippen LogP contribution in [0.1, 0.15) is 29.4 Å². The molecule has 0 amide bonds. The fourth-order valence-electron chi connectivity index (χ4n) is 3.25. The molecular formula is C24H21ClF3NO2. The highest BCUT2D eigenvalue weighted by Crippen LogP contribution is 2.36. The fourth-order valence-corrected chi connectivity index (χ4v) is 3.42. The number of hydrogen-bond donors (Lipinski definition) is 0. The van der Waals surface area contributed by atoms with Gasteiger partial charge in [-0.2, -0.15) is 0 Å². The molecule has 0 aliphatic heterocycles. The summed E-state index contributed by atoms with van der Waals surface area (Å²) in [4.78, 5) is 16.5. The Morgan fingerprint density at radius 3 is 2.48 bits per heavy atom. The van der Waals surface area contributed by atoms with Gasteiger partial charge in [-0.1, -0.05) is 48.0 Å². The summed E-state index contributed by atoms with van der Waals surface area (Å²) >= 11 is 6.20. The first kappa shape index (κ1) is 22.8. The van der Waals surface area contributed by atoms with Crippen LogP contribution in [0.25, 0.3) is 22.4 Å². The normalized spacial score (nSPS) is 11.4. The van der Waals surface area contributed by atoms with Gasteiger partial charge in [-0.25, -0.2) is 22.9 Å². The Hall–Kier alpha value is -2.86. The predicted molar refractivity (Wildman–Crippen MR) is 115 cm³/mol. The maximum atomic E-state index is 13.5. The van der Waals surface area contributed by atoms with Crippen molar-refractivity contribution >= 4 is 17.6 Å². The lowest BCUT2D eigenvalue weighted by molar-refractivity contribution is -0.0296. The van der Waals surface area contributed by atoms with Gasteiger partial charge in [0, 0.05) is 17.0 Å². The van der Waals surface area contributed by atoms with E-state index in [9.17, 15) is 18.0 Å². The van der Waals surface area contributed by atoms with Gasteiger partial charge in [-0.3, -0.25) is 0 Å². The average molecular weight is 448 g/mol. The summed E-state index contributed by atoms with van der Waals surface area (Å²) in [6.45, 7) is 0.248. The van der Waals surface area contributed by atoms with E-state index < -0.39 is 25.0 Å². The second-order valence-corrected chi connectivity index (χ2v) is 7.40. The zero-order valence-corrected chi connectivity index (χ0v) is 17.6. The first-order chi connectivity index (χ1) is 14.8. The van der Waals surface area contributed by atoms with Crippen LogP contribution in [0.5, 0.6) is 0 Å². The number of rotatable bonds is 8. The van der Waals surface area contributed by atoms with E-state index >= 15 is 0 Å². The summed E-state index contributed by atoms with van der Waals surface area (Å²) < 4.78 is 44.7. The van der Waals surface area contributed by atoms with Gasteiger partial charge in [0.15, 0.2) is 6.67 Å². The Labute approximate surface area is 183 Å². The van der Waals surface area contributed by atoms with E-state index in [4.69, 9.17) is 16.3 Å². The molecule has 7 heteroatoms. The monoisotopic (exact) mass is 447 g/mol. The number of alkyl halides is 3. The van der Waals surface area contributed by atoms with Crippen LogP contribution in [-0.4, -0.2) is 30.2 Å². The molecule has 0 saturated heterocycles. The number of hydrogen-bond acceptors (Lipinski definition) is 3. The molecule has 162 valence electrons. The lowest BCUT2D eigenvalue weighted by Crippen LogP contribution is -2.19. The van der Waals surface area contributed by atoms with Crippen molar-refractivity contribution in [2.24, 2.45) is 0 Å². The lowest BCUT2D eigenvalue weighted by atomic mass is 9.91. The number of carbonyl (C=O) groups excluding carboxylic acids is 1. The van der Waals surface area contributed by atoms with Gasteiger partial charge < -0.3 is 4.74 Å². The van der Waals surface area contributed by atoms with E-state index in [1.807, 2.05) is 24.3 Å². The zero-order chi connectivity index (χ0) is 22.4. The molecule has 0 aliphatic carbocycles. The molecule has 0 unspecified atom stereocenters. The van der Waals surface area contributed by atoms with Crippen LogP contribution in [0.4, 0.5) is 13.2 Å². The minimum Gasteiger partial charge on any atom is -0.461 e. The van der Waals surface area contributed by atoms with Crippen LogP contribution in [0.15, 0.2) is 60.7 Å². The van der Waals surface area contributed by atoms with E-state index in [2.05, 4.69) is 4.98 Å². The molecular weight excluding hydrogens is 427 g/mol. The van der Waals surface area contributed by atoms with Crippen LogP contribution < -0.4 is 0 Å². The summed E-state index contributed by atoms with van der Waals surface area (Å²) in [5.74, 6) is -3.91. The van der Waals surface area contributed by atoms with Gasteiger partial charge in [0.1, 0.15) is 5.69 Å². The van der Waals surface area contributed by atoms with E-state index in [1.54, 1.807) is 43.3 Å². The van der Waals surface area contributed by atoms with Gasteiger partial charge in [-0.15, -0.1) is 0 Å². The van der Waals surface area contributed by atoms with Crippen LogP contribution in [0.3, 0.4) is 0 Å². The van der Waals surface area contributed by atoms with Crippen molar-refractivity contribution in [3.05, 3.63) is 76.9 Å². The molecule has 0 N–H and O–H groups in total. The largest absolute Gasteiger partial charge is 0.461 e. The molecule has 1 heterocycles. The van der Waals surface area contributed by atoms with Crippen molar-refractivity contribution in [1.82, 2.24) is 4.98 Å². The summed E-state index contributed by atoms with van der Waals surface area (Å²) in [6.07, 6.45) is -0.634. The smallest absolute Gasteiger partial charge is 0.356 e. The molecule has 0 bridgehead atoms. The summed E-state index contributed by atoms with van der Waals surface area (Å²) in [5.41, 5.74) is 3.39. The second kappa shape index (κ2) is 9.96. The van der Waals surface area contributed by atoms with Crippen molar-refractivity contribution in [2.45, 2.75) is 25.7 Å². The SMILES string of the molecule is CCOC(=O)c1cccc(-c2ccccc2-c2cc(Cl)ccc2CCC(F)(F)CF)n1. The van der Waals surface area contributed by atoms with E-state index in [1.165, 1.54) is 0 Å². The summed E-state index contributed by atoms with van der Waals surface area (Å²) in [5, 5.41) is 0.444. The molecule has 31 heavy (non-hydrogen) atoms. The van der Waals surface area contributed by atoms with Gasteiger partial charge >= 0.3 is 5.97 Å². The lowest BCUT2D eigenvalue weighted by Gasteiger charge is -2.17. The van der Waals surface area contributed by atoms with Gasteiger partial charge in [0.25, 0.3) is 5.92 Å². The number of benzene rings is 2. The third-order valence-electron chi connectivity index (χ3n) is 4.75. The Balaban J connectivity index is 2.06. The quantitative estimate of drug-likeness (QED) is 0.357. The highest BCUT2D eigenvalue weighted by atomic mass is 35.5. The third kappa shape index (κ3) is 5.64. The van der Waals surface area contributed by atoms with Crippen molar-refractivity contribution in [1.29, 1.82) is 0 Å². The highest BCUT2D eigenvalue weighted by Gasteiger charge is 2.28. The molecule has 3 nitrogen and oxygen atoms in total.